The third-order valence-corrected chi connectivity index (χ3v) is 2.32. The topological polar surface area (TPSA) is 41.1 Å². The molecule has 1 unspecified atom stereocenters. The molecule has 0 aromatic carbocycles. The van der Waals surface area contributed by atoms with Gasteiger partial charge in [-0.1, -0.05) is 19.1 Å². The molecular formula is C11H22N2O. The van der Waals surface area contributed by atoms with Crippen LogP contribution in [0.25, 0.3) is 0 Å². The van der Waals surface area contributed by atoms with Crippen molar-refractivity contribution in [3.05, 3.63) is 12.2 Å². The van der Waals surface area contributed by atoms with Gasteiger partial charge in [0.25, 0.3) is 0 Å². The van der Waals surface area contributed by atoms with E-state index in [1.54, 1.807) is 7.05 Å². The van der Waals surface area contributed by atoms with Crippen LogP contribution in [0.4, 0.5) is 0 Å². The predicted octanol–water partition coefficient (Wildman–Crippen LogP) is 1.31. The summed E-state index contributed by atoms with van der Waals surface area (Å²) in [6, 6.07) is -0.0692. The maximum absolute atomic E-state index is 11.4. The molecule has 82 valence electrons. The Morgan fingerprint density at radius 3 is 2.50 bits per heavy atom. The van der Waals surface area contributed by atoms with Gasteiger partial charge in [-0.2, -0.15) is 0 Å². The molecule has 2 N–H and O–H groups in total. The quantitative estimate of drug-likeness (QED) is 0.632. The summed E-state index contributed by atoms with van der Waals surface area (Å²) in [4.78, 5) is 11.4. The second-order valence-electron chi connectivity index (χ2n) is 3.60. The van der Waals surface area contributed by atoms with Crippen LogP contribution in [0.2, 0.25) is 0 Å². The highest BCUT2D eigenvalue weighted by Crippen LogP contribution is 2.11. The van der Waals surface area contributed by atoms with Crippen molar-refractivity contribution in [1.82, 2.24) is 10.6 Å². The van der Waals surface area contributed by atoms with E-state index in [1.165, 1.54) is 0 Å². The van der Waals surface area contributed by atoms with Gasteiger partial charge in [0.15, 0.2) is 0 Å². The van der Waals surface area contributed by atoms with Crippen LogP contribution in [0.3, 0.4) is 0 Å². The monoisotopic (exact) mass is 198 g/mol. The van der Waals surface area contributed by atoms with Crippen LogP contribution in [0.1, 0.15) is 26.7 Å². The predicted molar refractivity (Wildman–Crippen MR) is 60.1 cm³/mol. The van der Waals surface area contributed by atoms with Gasteiger partial charge in [0.2, 0.25) is 5.91 Å². The van der Waals surface area contributed by atoms with Crippen molar-refractivity contribution in [3.63, 3.8) is 0 Å². The minimum Gasteiger partial charge on any atom is -0.358 e. The number of carbonyl (C=O) groups excluding carboxylic acids is 1. The second-order valence-corrected chi connectivity index (χ2v) is 3.60. The summed E-state index contributed by atoms with van der Waals surface area (Å²) in [7, 11) is 3.49. The summed E-state index contributed by atoms with van der Waals surface area (Å²) < 4.78 is 0. The minimum absolute atomic E-state index is 0.0692. The highest BCUT2D eigenvalue weighted by atomic mass is 16.2. The molecule has 0 aliphatic carbocycles. The zero-order valence-electron chi connectivity index (χ0n) is 9.63. The van der Waals surface area contributed by atoms with E-state index < -0.39 is 0 Å². The molecule has 0 saturated carbocycles. The fourth-order valence-corrected chi connectivity index (χ4v) is 1.40. The molecule has 0 rings (SSSR count). The third-order valence-electron chi connectivity index (χ3n) is 2.32. The van der Waals surface area contributed by atoms with Gasteiger partial charge in [-0.25, -0.2) is 0 Å². The number of nitrogens with one attached hydrogen (secondary N) is 2. The Bertz CT molecular complexity index is 190. The Morgan fingerprint density at radius 2 is 2.07 bits per heavy atom. The molecule has 3 heteroatoms. The van der Waals surface area contributed by atoms with Gasteiger partial charge < -0.3 is 10.6 Å². The van der Waals surface area contributed by atoms with E-state index in [2.05, 4.69) is 23.6 Å². The number of likely N-dealkylation sites (N-methyl/N-ethyl adjacent to an activating group) is 2. The van der Waals surface area contributed by atoms with Crippen LogP contribution < -0.4 is 10.6 Å². The molecule has 1 amide bonds. The fourth-order valence-electron chi connectivity index (χ4n) is 1.40. The van der Waals surface area contributed by atoms with E-state index in [9.17, 15) is 4.79 Å². The highest BCUT2D eigenvalue weighted by molar-refractivity contribution is 5.81. The largest absolute Gasteiger partial charge is 0.358 e. The number of carbonyl (C=O) groups is 1. The van der Waals surface area contributed by atoms with Crippen LogP contribution >= 0.6 is 0 Å². The van der Waals surface area contributed by atoms with E-state index in [-0.39, 0.29) is 11.9 Å². The maximum atomic E-state index is 11.4. The average molecular weight is 198 g/mol. The maximum Gasteiger partial charge on any atom is 0.236 e. The van der Waals surface area contributed by atoms with Crippen LogP contribution in [-0.2, 0) is 4.79 Å². The third kappa shape index (κ3) is 5.02. The summed E-state index contributed by atoms with van der Waals surface area (Å²) in [5.74, 6) is 0.598. The van der Waals surface area contributed by atoms with Gasteiger partial charge in [0.05, 0.1) is 6.04 Å². The summed E-state index contributed by atoms with van der Waals surface area (Å²) in [5, 5.41) is 5.68. The highest BCUT2D eigenvalue weighted by Gasteiger charge is 2.16. The first-order chi connectivity index (χ1) is 6.65. The van der Waals surface area contributed by atoms with E-state index in [0.717, 1.165) is 12.8 Å². The van der Waals surface area contributed by atoms with Crippen LogP contribution in [0.5, 0.6) is 0 Å². The Hall–Kier alpha value is -0.830. The first kappa shape index (κ1) is 13.2. The summed E-state index contributed by atoms with van der Waals surface area (Å²) >= 11 is 0. The zero-order chi connectivity index (χ0) is 11.0. The molecule has 0 bridgehead atoms. The second kappa shape index (κ2) is 7.56. The Labute approximate surface area is 87.0 Å². The molecule has 0 spiro atoms. The minimum atomic E-state index is -0.0692. The SMILES string of the molecule is C/C=C/CC(C)C[C@H](NC)C(=O)NC. The van der Waals surface area contributed by atoms with Crippen molar-refractivity contribution in [2.24, 2.45) is 5.92 Å². The Kier molecular flexibility index (Phi) is 7.11. The molecule has 0 saturated heterocycles. The molecule has 3 nitrogen and oxygen atoms in total. The van der Waals surface area contributed by atoms with Gasteiger partial charge in [-0.3, -0.25) is 4.79 Å². The van der Waals surface area contributed by atoms with Crippen molar-refractivity contribution in [2.75, 3.05) is 14.1 Å². The van der Waals surface area contributed by atoms with Crippen molar-refractivity contribution in [2.45, 2.75) is 32.7 Å². The van der Waals surface area contributed by atoms with Gasteiger partial charge in [-0.05, 0) is 32.7 Å². The molecule has 0 radical (unpaired) electrons. The van der Waals surface area contributed by atoms with Gasteiger partial charge >= 0.3 is 0 Å². The Balaban J connectivity index is 3.97. The van der Waals surface area contributed by atoms with Crippen LogP contribution in [0.15, 0.2) is 12.2 Å². The fraction of sp³-hybridized carbons (Fsp3) is 0.727. The van der Waals surface area contributed by atoms with Crippen molar-refractivity contribution in [1.29, 1.82) is 0 Å². The van der Waals surface area contributed by atoms with Gasteiger partial charge in [-0.15, -0.1) is 0 Å². The molecule has 0 fully saturated rings. The number of allylic oxidation sites excluding steroid dienone is 2. The lowest BCUT2D eigenvalue weighted by atomic mass is 9.98. The molecule has 0 aromatic rings. The molecule has 14 heavy (non-hydrogen) atoms. The van der Waals surface area contributed by atoms with Gasteiger partial charge in [0, 0.05) is 7.05 Å². The number of hydrogen-bond acceptors (Lipinski definition) is 2. The molecule has 0 heterocycles. The van der Waals surface area contributed by atoms with E-state index in [1.807, 2.05) is 20.0 Å². The normalized spacial score (nSPS) is 15.4. The van der Waals surface area contributed by atoms with E-state index in [0.29, 0.717) is 5.92 Å². The Morgan fingerprint density at radius 1 is 1.43 bits per heavy atom. The standard InChI is InChI=1S/C11H22N2O/c1-5-6-7-9(2)8-10(12-3)11(14)13-4/h5-6,9-10,12H,7-8H2,1-4H3,(H,13,14)/b6-5+/t9?,10-/m0/s1. The first-order valence-electron chi connectivity index (χ1n) is 5.15. The van der Waals surface area contributed by atoms with E-state index >= 15 is 0 Å². The molecule has 0 aliphatic rings. The van der Waals surface area contributed by atoms with Crippen LogP contribution in [-0.4, -0.2) is 26.0 Å². The summed E-state index contributed by atoms with van der Waals surface area (Å²) in [5.41, 5.74) is 0. The van der Waals surface area contributed by atoms with Crippen molar-refractivity contribution >= 4 is 5.91 Å². The molecule has 0 aliphatic heterocycles. The van der Waals surface area contributed by atoms with E-state index in [4.69, 9.17) is 0 Å². The summed E-state index contributed by atoms with van der Waals surface area (Å²) in [6.07, 6.45) is 6.10. The zero-order valence-corrected chi connectivity index (χ0v) is 9.63. The first-order valence-corrected chi connectivity index (χ1v) is 5.15. The number of amides is 1. The van der Waals surface area contributed by atoms with Crippen molar-refractivity contribution < 1.29 is 4.79 Å². The number of hydrogen-bond donors (Lipinski definition) is 2. The number of rotatable bonds is 6. The van der Waals surface area contributed by atoms with Crippen molar-refractivity contribution in [3.8, 4) is 0 Å². The lowest BCUT2D eigenvalue weighted by Crippen LogP contribution is -2.42. The average Bonchev–Trinajstić information content (AvgIpc) is 2.21. The van der Waals surface area contributed by atoms with Crippen LogP contribution in [0, 0.1) is 5.92 Å². The lowest BCUT2D eigenvalue weighted by Gasteiger charge is -2.18. The molecular weight excluding hydrogens is 176 g/mol. The lowest BCUT2D eigenvalue weighted by molar-refractivity contribution is -0.122. The summed E-state index contributed by atoms with van der Waals surface area (Å²) in [6.45, 7) is 4.17. The molecule has 2 atom stereocenters. The molecule has 0 aromatic heterocycles. The van der Waals surface area contributed by atoms with Gasteiger partial charge in [0.1, 0.15) is 0 Å². The smallest absolute Gasteiger partial charge is 0.236 e.